The molecule has 0 saturated heterocycles. The maximum atomic E-state index is 12.6. The SMILES string of the molecule is CC(NC(=O)c1ccc2c(c1)NC(=O)CO2)c1ccc2c(c1)CCCC2. The number of fused-ring (bicyclic) bond motifs is 2. The average Bonchev–Trinajstić information content (AvgIpc) is 2.66. The number of amides is 2. The van der Waals surface area contributed by atoms with Crippen molar-refractivity contribution in [2.45, 2.75) is 38.6 Å². The van der Waals surface area contributed by atoms with Gasteiger partial charge < -0.3 is 15.4 Å². The fourth-order valence-corrected chi connectivity index (χ4v) is 3.61. The van der Waals surface area contributed by atoms with Crippen LogP contribution in [0.2, 0.25) is 0 Å². The van der Waals surface area contributed by atoms with Crippen LogP contribution in [0.15, 0.2) is 36.4 Å². The second kappa shape index (κ2) is 6.83. The van der Waals surface area contributed by atoms with Gasteiger partial charge in [-0.15, -0.1) is 0 Å². The van der Waals surface area contributed by atoms with Crippen molar-refractivity contribution in [1.82, 2.24) is 5.32 Å². The molecule has 2 N–H and O–H groups in total. The summed E-state index contributed by atoms with van der Waals surface area (Å²) in [6.45, 7) is 2.00. The molecule has 0 saturated carbocycles. The highest BCUT2D eigenvalue weighted by Gasteiger charge is 2.19. The third-order valence-corrected chi connectivity index (χ3v) is 5.09. The van der Waals surface area contributed by atoms with Crippen molar-refractivity contribution in [2.24, 2.45) is 0 Å². The van der Waals surface area contributed by atoms with E-state index in [-0.39, 0.29) is 24.5 Å². The van der Waals surface area contributed by atoms with E-state index in [0.29, 0.717) is 17.0 Å². The molecule has 26 heavy (non-hydrogen) atoms. The highest BCUT2D eigenvalue weighted by Crippen LogP contribution is 2.29. The molecule has 2 aromatic rings. The predicted molar refractivity (Wildman–Crippen MR) is 99.5 cm³/mol. The Hall–Kier alpha value is -2.82. The monoisotopic (exact) mass is 350 g/mol. The first kappa shape index (κ1) is 16.6. The summed E-state index contributed by atoms with van der Waals surface area (Å²) in [5.41, 5.74) is 5.00. The second-order valence-electron chi connectivity index (χ2n) is 6.98. The van der Waals surface area contributed by atoms with Crippen molar-refractivity contribution >= 4 is 17.5 Å². The molecule has 1 heterocycles. The van der Waals surface area contributed by atoms with E-state index in [0.717, 1.165) is 18.4 Å². The summed E-state index contributed by atoms with van der Waals surface area (Å²) in [5.74, 6) is 0.208. The minimum Gasteiger partial charge on any atom is -0.482 e. The number of benzene rings is 2. The molecule has 0 bridgehead atoms. The largest absolute Gasteiger partial charge is 0.482 e. The van der Waals surface area contributed by atoms with Gasteiger partial charge in [-0.1, -0.05) is 18.2 Å². The summed E-state index contributed by atoms with van der Waals surface area (Å²) in [5, 5.41) is 5.78. The molecule has 0 aromatic heterocycles. The number of ether oxygens (including phenoxy) is 1. The fourth-order valence-electron chi connectivity index (χ4n) is 3.61. The summed E-state index contributed by atoms with van der Waals surface area (Å²) in [6, 6.07) is 11.5. The number of carbonyl (C=O) groups excluding carboxylic acids is 2. The molecule has 2 aromatic carbocycles. The Labute approximate surface area is 152 Å². The molecule has 0 radical (unpaired) electrons. The molecule has 1 aliphatic carbocycles. The zero-order valence-electron chi connectivity index (χ0n) is 14.8. The van der Waals surface area contributed by atoms with Crippen LogP contribution in [0.5, 0.6) is 5.75 Å². The molecule has 2 amide bonds. The zero-order chi connectivity index (χ0) is 18.1. The van der Waals surface area contributed by atoms with Crippen molar-refractivity contribution < 1.29 is 14.3 Å². The molecule has 0 spiro atoms. The van der Waals surface area contributed by atoms with Gasteiger partial charge in [0, 0.05) is 5.56 Å². The molecule has 2 aliphatic rings. The van der Waals surface area contributed by atoms with Gasteiger partial charge in [0.25, 0.3) is 11.8 Å². The van der Waals surface area contributed by atoms with Crippen LogP contribution in [0.1, 0.15) is 52.9 Å². The Balaban J connectivity index is 1.49. The van der Waals surface area contributed by atoms with Gasteiger partial charge in [0.1, 0.15) is 5.75 Å². The first-order valence-corrected chi connectivity index (χ1v) is 9.09. The molecule has 0 fully saturated rings. The molecule has 1 atom stereocenters. The zero-order valence-corrected chi connectivity index (χ0v) is 14.8. The maximum absolute atomic E-state index is 12.6. The van der Waals surface area contributed by atoms with Crippen molar-refractivity contribution in [3.8, 4) is 5.75 Å². The van der Waals surface area contributed by atoms with E-state index >= 15 is 0 Å². The lowest BCUT2D eigenvalue weighted by Crippen LogP contribution is -2.28. The summed E-state index contributed by atoms with van der Waals surface area (Å²) < 4.78 is 5.33. The van der Waals surface area contributed by atoms with Gasteiger partial charge in [0.15, 0.2) is 6.61 Å². The smallest absolute Gasteiger partial charge is 0.262 e. The number of anilines is 1. The molecule has 5 heteroatoms. The third-order valence-electron chi connectivity index (χ3n) is 5.09. The van der Waals surface area contributed by atoms with E-state index in [2.05, 4.69) is 28.8 Å². The number of aryl methyl sites for hydroxylation is 2. The highest BCUT2D eigenvalue weighted by atomic mass is 16.5. The maximum Gasteiger partial charge on any atom is 0.262 e. The van der Waals surface area contributed by atoms with Crippen molar-refractivity contribution in [3.05, 3.63) is 58.7 Å². The topological polar surface area (TPSA) is 67.4 Å². The van der Waals surface area contributed by atoms with Crippen molar-refractivity contribution in [2.75, 3.05) is 11.9 Å². The lowest BCUT2D eigenvalue weighted by atomic mass is 9.89. The van der Waals surface area contributed by atoms with E-state index in [1.807, 2.05) is 6.92 Å². The van der Waals surface area contributed by atoms with E-state index in [4.69, 9.17) is 4.74 Å². The first-order chi connectivity index (χ1) is 12.6. The number of hydrogen-bond acceptors (Lipinski definition) is 3. The van der Waals surface area contributed by atoms with Crippen LogP contribution >= 0.6 is 0 Å². The lowest BCUT2D eigenvalue weighted by Gasteiger charge is -2.21. The molecule has 134 valence electrons. The van der Waals surface area contributed by atoms with Crippen LogP contribution in [0, 0.1) is 0 Å². The van der Waals surface area contributed by atoms with E-state index in [1.54, 1.807) is 18.2 Å². The minimum atomic E-state index is -0.211. The summed E-state index contributed by atoms with van der Waals surface area (Å²) in [4.78, 5) is 24.1. The summed E-state index contributed by atoms with van der Waals surface area (Å²) >= 11 is 0. The Bertz CT molecular complexity index is 876. The fraction of sp³-hybridized carbons (Fsp3) is 0.333. The van der Waals surface area contributed by atoms with E-state index in [9.17, 15) is 9.59 Å². The van der Waals surface area contributed by atoms with Gasteiger partial charge in [-0.25, -0.2) is 0 Å². The number of rotatable bonds is 3. The molecule has 1 aliphatic heterocycles. The molecule has 1 unspecified atom stereocenters. The van der Waals surface area contributed by atoms with Crippen LogP contribution in [-0.2, 0) is 17.6 Å². The molecule has 4 rings (SSSR count). The number of carbonyl (C=O) groups is 2. The standard InChI is InChI=1S/C21H22N2O3/c1-13(15-7-6-14-4-2-3-5-16(14)10-15)22-21(25)17-8-9-19-18(11-17)23-20(24)12-26-19/h6-11,13H,2-5,12H2,1H3,(H,22,25)(H,23,24). The van der Waals surface area contributed by atoms with Crippen molar-refractivity contribution in [1.29, 1.82) is 0 Å². The van der Waals surface area contributed by atoms with Crippen LogP contribution in [0.25, 0.3) is 0 Å². The second-order valence-corrected chi connectivity index (χ2v) is 6.98. The van der Waals surface area contributed by atoms with Crippen LogP contribution < -0.4 is 15.4 Å². The van der Waals surface area contributed by atoms with Gasteiger partial charge in [-0.2, -0.15) is 0 Å². The molecular formula is C21H22N2O3. The first-order valence-electron chi connectivity index (χ1n) is 9.09. The minimum absolute atomic E-state index is 0.00784. The van der Waals surface area contributed by atoms with Gasteiger partial charge in [0.2, 0.25) is 0 Å². The normalized spacial score (nSPS) is 16.6. The molecule has 5 nitrogen and oxygen atoms in total. The number of hydrogen-bond donors (Lipinski definition) is 2. The van der Waals surface area contributed by atoms with Crippen LogP contribution in [-0.4, -0.2) is 18.4 Å². The van der Waals surface area contributed by atoms with Gasteiger partial charge >= 0.3 is 0 Å². The summed E-state index contributed by atoms with van der Waals surface area (Å²) in [7, 11) is 0. The Morgan fingerprint density at radius 3 is 2.77 bits per heavy atom. The Morgan fingerprint density at radius 1 is 1.12 bits per heavy atom. The average molecular weight is 350 g/mol. The number of nitrogens with one attached hydrogen (secondary N) is 2. The highest BCUT2D eigenvalue weighted by molar-refractivity contribution is 6.00. The van der Waals surface area contributed by atoms with E-state index < -0.39 is 0 Å². The van der Waals surface area contributed by atoms with Crippen LogP contribution in [0.3, 0.4) is 0 Å². The van der Waals surface area contributed by atoms with E-state index in [1.165, 1.54) is 24.0 Å². The van der Waals surface area contributed by atoms with Gasteiger partial charge in [0.05, 0.1) is 11.7 Å². The Morgan fingerprint density at radius 2 is 1.92 bits per heavy atom. The predicted octanol–water partition coefficient (Wildman–Crippen LogP) is 3.39. The third kappa shape index (κ3) is 3.29. The molecular weight excluding hydrogens is 328 g/mol. The van der Waals surface area contributed by atoms with Gasteiger partial charge in [-0.3, -0.25) is 9.59 Å². The summed E-state index contributed by atoms with van der Waals surface area (Å²) in [6.07, 6.45) is 4.77. The van der Waals surface area contributed by atoms with Crippen LogP contribution in [0.4, 0.5) is 5.69 Å². The Kier molecular flexibility index (Phi) is 4.37. The lowest BCUT2D eigenvalue weighted by molar-refractivity contribution is -0.118. The quantitative estimate of drug-likeness (QED) is 0.892. The van der Waals surface area contributed by atoms with Gasteiger partial charge in [-0.05, 0) is 67.5 Å². The van der Waals surface area contributed by atoms with Crippen molar-refractivity contribution in [3.63, 3.8) is 0 Å².